The highest BCUT2D eigenvalue weighted by molar-refractivity contribution is 7.95. The van der Waals surface area contributed by atoms with Gasteiger partial charge in [0, 0.05) is 15.1 Å². The largest absolute Gasteiger partial charge is 0.393 e. The Morgan fingerprint density at radius 2 is 0.840 bits per heavy atom. The number of rotatable bonds is 5. The Kier molecular flexibility index (Phi) is 6.04. The summed E-state index contributed by atoms with van der Waals surface area (Å²) in [6.45, 7) is 0.0850. The van der Waals surface area contributed by atoms with Gasteiger partial charge in [-0.15, -0.1) is 0 Å². The van der Waals surface area contributed by atoms with Crippen LogP contribution in [0.4, 0.5) is 0 Å². The molecule has 3 aromatic carbocycles. The molecule has 0 saturated heterocycles. The highest BCUT2D eigenvalue weighted by atomic mass is 35.5. The van der Waals surface area contributed by atoms with Crippen molar-refractivity contribution in [1.82, 2.24) is 0 Å². The van der Waals surface area contributed by atoms with Crippen molar-refractivity contribution in [3.05, 3.63) is 87.9 Å². The lowest BCUT2D eigenvalue weighted by Crippen LogP contribution is -2.34. The second-order valence-corrected chi connectivity index (χ2v) is 10.6. The minimum absolute atomic E-state index is 0.0850. The molecule has 0 amide bonds. The highest BCUT2D eigenvalue weighted by Crippen LogP contribution is 2.55. The second-order valence-electron chi connectivity index (χ2n) is 5.69. The molecular weight excluding hydrogens is 394 g/mol. The van der Waals surface area contributed by atoms with Gasteiger partial charge in [0.05, 0.1) is 12.8 Å². The first-order valence-corrected chi connectivity index (χ1v) is 10.9. The number of hydrogen-bond acceptors (Lipinski definition) is 1. The predicted octanol–water partition coefficient (Wildman–Crippen LogP) is 4.93. The summed E-state index contributed by atoms with van der Waals surface area (Å²) >= 11 is 18.3. The summed E-state index contributed by atoms with van der Waals surface area (Å²) in [4.78, 5) is 0. The molecule has 0 saturated carbocycles. The van der Waals surface area contributed by atoms with E-state index in [1.54, 1.807) is 0 Å². The van der Waals surface area contributed by atoms with Gasteiger partial charge in [-0.1, -0.05) is 34.8 Å². The lowest BCUT2D eigenvalue weighted by atomic mass is 10.3. The summed E-state index contributed by atoms with van der Waals surface area (Å²) in [6.07, 6.45) is 0.637. The van der Waals surface area contributed by atoms with E-state index in [0.717, 1.165) is 15.9 Å². The zero-order chi connectivity index (χ0) is 17.9. The molecule has 0 heterocycles. The Morgan fingerprint density at radius 3 is 1.08 bits per heavy atom. The van der Waals surface area contributed by atoms with Gasteiger partial charge in [-0.05, 0) is 72.8 Å². The molecule has 1 N–H and O–H groups in total. The van der Waals surface area contributed by atoms with Crippen LogP contribution in [0.15, 0.2) is 72.8 Å². The van der Waals surface area contributed by atoms with E-state index in [-0.39, 0.29) is 6.61 Å². The topological polar surface area (TPSA) is 20.2 Å². The number of hydrogen-bond donors (Lipinski definition) is 1. The molecule has 0 radical (unpaired) electrons. The minimum atomic E-state index is -2.04. The fourth-order valence-corrected chi connectivity index (χ4v) is 7.39. The summed E-state index contributed by atoms with van der Waals surface area (Å²) in [5, 5.41) is 15.5. The molecule has 0 spiro atoms. The molecule has 3 aromatic rings. The van der Waals surface area contributed by atoms with Crippen LogP contribution >= 0.6 is 42.1 Å². The third-order valence-electron chi connectivity index (χ3n) is 4.24. The third-order valence-corrected chi connectivity index (χ3v) is 9.40. The maximum absolute atomic E-state index is 9.90. The Bertz CT molecular complexity index is 719. The first kappa shape index (κ1) is 18.7. The van der Waals surface area contributed by atoms with Gasteiger partial charge in [0.1, 0.15) is 23.2 Å². The van der Waals surface area contributed by atoms with Crippen molar-refractivity contribution in [2.45, 2.75) is 0 Å². The van der Waals surface area contributed by atoms with E-state index in [4.69, 9.17) is 34.8 Å². The molecule has 0 atom stereocenters. The summed E-state index contributed by atoms with van der Waals surface area (Å²) in [7, 11) is -2.04. The highest BCUT2D eigenvalue weighted by Gasteiger charge is 2.44. The molecule has 128 valence electrons. The molecule has 0 fully saturated rings. The van der Waals surface area contributed by atoms with E-state index in [9.17, 15) is 5.11 Å². The predicted molar refractivity (Wildman–Crippen MR) is 112 cm³/mol. The average Bonchev–Trinajstić information content (AvgIpc) is 2.62. The van der Waals surface area contributed by atoms with Crippen LogP contribution in [0, 0.1) is 0 Å². The van der Waals surface area contributed by atoms with Gasteiger partial charge in [0.15, 0.2) is 0 Å². The molecule has 0 aliphatic carbocycles. The lowest BCUT2D eigenvalue weighted by molar-refractivity contribution is 0.321. The number of aliphatic hydroxyl groups is 1. The van der Waals surface area contributed by atoms with Crippen molar-refractivity contribution in [2.24, 2.45) is 0 Å². The van der Waals surface area contributed by atoms with Crippen LogP contribution in [-0.2, 0) is 0 Å². The maximum Gasteiger partial charge on any atom is 0.114 e. The monoisotopic (exact) mass is 409 g/mol. The van der Waals surface area contributed by atoms with Crippen LogP contribution in [0.25, 0.3) is 0 Å². The van der Waals surface area contributed by atoms with Crippen LogP contribution in [-0.4, -0.2) is 17.9 Å². The molecule has 1 nitrogen and oxygen atoms in total. The normalized spacial score (nSPS) is 11.5. The van der Waals surface area contributed by atoms with Gasteiger partial charge in [0.2, 0.25) is 0 Å². The third kappa shape index (κ3) is 3.87. The quantitative estimate of drug-likeness (QED) is 0.591. The van der Waals surface area contributed by atoms with E-state index >= 15 is 0 Å². The first-order valence-electron chi connectivity index (χ1n) is 7.83. The maximum atomic E-state index is 9.90. The van der Waals surface area contributed by atoms with Gasteiger partial charge in [-0.25, -0.2) is 0 Å². The smallest absolute Gasteiger partial charge is 0.114 e. The van der Waals surface area contributed by atoms with Crippen LogP contribution in [0.1, 0.15) is 0 Å². The van der Waals surface area contributed by atoms with E-state index in [0.29, 0.717) is 21.2 Å². The molecule has 5 heteroatoms. The molecule has 0 bridgehead atoms. The Morgan fingerprint density at radius 1 is 0.560 bits per heavy atom. The molecule has 3 rings (SSSR count). The van der Waals surface area contributed by atoms with Crippen LogP contribution in [0.2, 0.25) is 15.1 Å². The second kappa shape index (κ2) is 8.08. The van der Waals surface area contributed by atoms with Crippen LogP contribution < -0.4 is 15.9 Å². The molecule has 25 heavy (non-hydrogen) atoms. The van der Waals surface area contributed by atoms with Crippen molar-refractivity contribution >= 4 is 58.0 Å². The number of benzene rings is 3. The van der Waals surface area contributed by atoms with Crippen LogP contribution in [0.5, 0.6) is 0 Å². The van der Waals surface area contributed by atoms with Crippen molar-refractivity contribution < 1.29 is 5.11 Å². The van der Waals surface area contributed by atoms with Crippen molar-refractivity contribution in [3.63, 3.8) is 0 Å². The van der Waals surface area contributed by atoms with Crippen molar-refractivity contribution in [3.8, 4) is 0 Å². The Balaban J connectivity index is 2.28. The van der Waals surface area contributed by atoms with Crippen molar-refractivity contribution in [1.29, 1.82) is 0 Å². The number of aliphatic hydroxyl groups excluding tert-OH is 1. The zero-order valence-corrected chi connectivity index (χ0v) is 16.5. The molecular formula is C20H17Cl3OP+. The fraction of sp³-hybridized carbons (Fsp3) is 0.100. The molecule has 0 unspecified atom stereocenters. The Labute approximate surface area is 163 Å². The zero-order valence-electron chi connectivity index (χ0n) is 13.4. The summed E-state index contributed by atoms with van der Waals surface area (Å²) in [5.74, 6) is 0. The molecule has 0 aromatic heterocycles. The average molecular weight is 411 g/mol. The van der Waals surface area contributed by atoms with Gasteiger partial charge >= 0.3 is 0 Å². The summed E-state index contributed by atoms with van der Waals surface area (Å²) in [5.41, 5.74) is 0. The van der Waals surface area contributed by atoms with Crippen molar-refractivity contribution in [2.75, 3.05) is 12.8 Å². The number of halogens is 3. The van der Waals surface area contributed by atoms with E-state index in [1.165, 1.54) is 0 Å². The standard InChI is InChI=1S/C20H17Cl3OP/c21-15-1-7-18(8-2-15)25(14-13-24,19-9-3-16(22)4-10-19)20-11-5-17(23)6-12-20/h1-12,24H,13-14H2/q+1. The van der Waals surface area contributed by atoms with Gasteiger partial charge in [-0.2, -0.15) is 0 Å². The van der Waals surface area contributed by atoms with E-state index < -0.39 is 7.26 Å². The van der Waals surface area contributed by atoms with Gasteiger partial charge < -0.3 is 5.11 Å². The first-order chi connectivity index (χ1) is 12.1. The summed E-state index contributed by atoms with van der Waals surface area (Å²) < 4.78 is 0. The summed E-state index contributed by atoms with van der Waals surface area (Å²) in [6, 6.07) is 23.7. The van der Waals surface area contributed by atoms with E-state index in [2.05, 4.69) is 36.4 Å². The Hall–Kier alpha value is -1.08. The lowest BCUT2D eigenvalue weighted by Gasteiger charge is -2.27. The minimum Gasteiger partial charge on any atom is -0.393 e. The molecule has 0 aliphatic heterocycles. The van der Waals surface area contributed by atoms with Gasteiger partial charge in [-0.3, -0.25) is 0 Å². The van der Waals surface area contributed by atoms with Crippen LogP contribution in [0.3, 0.4) is 0 Å². The van der Waals surface area contributed by atoms with E-state index in [1.807, 2.05) is 36.4 Å². The fourth-order valence-electron chi connectivity index (χ4n) is 3.07. The van der Waals surface area contributed by atoms with Gasteiger partial charge in [0.25, 0.3) is 0 Å². The molecule has 0 aliphatic rings. The SMILES string of the molecule is OCC[P+](c1ccc(Cl)cc1)(c1ccc(Cl)cc1)c1ccc(Cl)cc1.